The molecule has 0 bridgehead atoms. The van der Waals surface area contributed by atoms with Crippen LogP contribution < -0.4 is 5.63 Å². The van der Waals surface area contributed by atoms with Crippen LogP contribution in [0.4, 0.5) is 0 Å². The SMILES string of the molecule is CCCc1cc2cc3c(C)cc(=O)oc3cc2o1. The highest BCUT2D eigenvalue weighted by Crippen LogP contribution is 2.27. The predicted octanol–water partition coefficient (Wildman–Crippen LogP) is 3.80. The van der Waals surface area contributed by atoms with Crippen molar-refractivity contribution in [3.05, 3.63) is 46.0 Å². The van der Waals surface area contributed by atoms with E-state index in [0.29, 0.717) is 5.58 Å². The first-order chi connectivity index (χ1) is 8.67. The van der Waals surface area contributed by atoms with Crippen molar-refractivity contribution in [2.24, 2.45) is 0 Å². The van der Waals surface area contributed by atoms with Crippen molar-refractivity contribution < 1.29 is 8.83 Å². The number of hydrogen-bond acceptors (Lipinski definition) is 3. The average Bonchev–Trinajstić information content (AvgIpc) is 2.68. The highest BCUT2D eigenvalue weighted by molar-refractivity contribution is 5.94. The molecule has 0 aliphatic heterocycles. The summed E-state index contributed by atoms with van der Waals surface area (Å²) in [6, 6.07) is 7.40. The van der Waals surface area contributed by atoms with Gasteiger partial charge in [-0.1, -0.05) is 6.92 Å². The van der Waals surface area contributed by atoms with Gasteiger partial charge < -0.3 is 8.83 Å². The van der Waals surface area contributed by atoms with Crippen LogP contribution in [0.5, 0.6) is 0 Å². The monoisotopic (exact) mass is 242 g/mol. The van der Waals surface area contributed by atoms with Gasteiger partial charge in [0.05, 0.1) is 0 Å². The Morgan fingerprint density at radius 2 is 1.89 bits per heavy atom. The van der Waals surface area contributed by atoms with Crippen LogP contribution in [0.2, 0.25) is 0 Å². The van der Waals surface area contributed by atoms with Gasteiger partial charge in [0.25, 0.3) is 0 Å². The minimum atomic E-state index is -0.320. The highest BCUT2D eigenvalue weighted by Gasteiger charge is 2.08. The molecule has 0 atom stereocenters. The van der Waals surface area contributed by atoms with E-state index in [0.717, 1.165) is 40.5 Å². The molecule has 92 valence electrons. The maximum atomic E-state index is 11.4. The van der Waals surface area contributed by atoms with E-state index in [1.807, 2.05) is 13.0 Å². The van der Waals surface area contributed by atoms with E-state index in [2.05, 4.69) is 13.0 Å². The highest BCUT2D eigenvalue weighted by atomic mass is 16.4. The molecule has 0 aliphatic carbocycles. The Labute approximate surface area is 104 Å². The number of furan rings is 1. The number of fused-ring (bicyclic) bond motifs is 2. The van der Waals surface area contributed by atoms with E-state index in [-0.39, 0.29) is 5.63 Å². The molecular formula is C15H14O3. The van der Waals surface area contributed by atoms with Crippen LogP contribution in [0.25, 0.3) is 21.9 Å². The van der Waals surface area contributed by atoms with Crippen LogP contribution in [0, 0.1) is 6.92 Å². The first kappa shape index (κ1) is 11.1. The van der Waals surface area contributed by atoms with Gasteiger partial charge in [-0.25, -0.2) is 4.79 Å². The normalized spacial score (nSPS) is 11.4. The molecule has 3 nitrogen and oxygen atoms in total. The fourth-order valence-corrected chi connectivity index (χ4v) is 2.28. The Morgan fingerprint density at radius 1 is 1.06 bits per heavy atom. The maximum absolute atomic E-state index is 11.4. The van der Waals surface area contributed by atoms with Crippen LogP contribution in [0.3, 0.4) is 0 Å². The predicted molar refractivity (Wildman–Crippen MR) is 71.0 cm³/mol. The summed E-state index contributed by atoms with van der Waals surface area (Å²) in [6.45, 7) is 4.03. The van der Waals surface area contributed by atoms with E-state index in [9.17, 15) is 4.79 Å². The number of rotatable bonds is 2. The molecule has 3 aromatic rings. The topological polar surface area (TPSA) is 43.4 Å². The lowest BCUT2D eigenvalue weighted by atomic mass is 10.1. The average molecular weight is 242 g/mol. The molecule has 0 unspecified atom stereocenters. The van der Waals surface area contributed by atoms with Crippen LogP contribution in [0.15, 0.2) is 37.9 Å². The van der Waals surface area contributed by atoms with E-state index in [1.165, 1.54) is 6.07 Å². The van der Waals surface area contributed by atoms with Gasteiger partial charge in [-0.15, -0.1) is 0 Å². The lowest BCUT2D eigenvalue weighted by molar-refractivity contribution is 0.540. The fourth-order valence-electron chi connectivity index (χ4n) is 2.28. The molecule has 0 N–H and O–H groups in total. The first-order valence-electron chi connectivity index (χ1n) is 6.14. The second kappa shape index (κ2) is 4.02. The summed E-state index contributed by atoms with van der Waals surface area (Å²) in [4.78, 5) is 11.4. The fraction of sp³-hybridized carbons (Fsp3) is 0.267. The summed E-state index contributed by atoms with van der Waals surface area (Å²) in [6.07, 6.45) is 1.97. The van der Waals surface area contributed by atoms with E-state index < -0.39 is 0 Å². The Bertz CT molecular complexity index is 777. The second-order valence-corrected chi connectivity index (χ2v) is 4.60. The van der Waals surface area contributed by atoms with Crippen molar-refractivity contribution in [3.8, 4) is 0 Å². The van der Waals surface area contributed by atoms with Crippen molar-refractivity contribution in [3.63, 3.8) is 0 Å². The number of hydrogen-bond donors (Lipinski definition) is 0. The third-order valence-corrected chi connectivity index (χ3v) is 3.14. The van der Waals surface area contributed by atoms with Crippen molar-refractivity contribution in [1.82, 2.24) is 0 Å². The number of benzene rings is 1. The van der Waals surface area contributed by atoms with Gasteiger partial charge in [0.1, 0.15) is 16.9 Å². The van der Waals surface area contributed by atoms with Gasteiger partial charge in [-0.05, 0) is 31.0 Å². The Morgan fingerprint density at radius 3 is 2.67 bits per heavy atom. The molecule has 2 heterocycles. The zero-order valence-electron chi connectivity index (χ0n) is 10.4. The van der Waals surface area contributed by atoms with E-state index in [1.54, 1.807) is 6.07 Å². The molecule has 0 radical (unpaired) electrons. The van der Waals surface area contributed by atoms with Gasteiger partial charge in [0.15, 0.2) is 0 Å². The van der Waals surface area contributed by atoms with Crippen molar-refractivity contribution in [1.29, 1.82) is 0 Å². The Kier molecular flexibility index (Phi) is 2.47. The van der Waals surface area contributed by atoms with Crippen molar-refractivity contribution >= 4 is 21.9 Å². The molecule has 0 spiro atoms. The lowest BCUT2D eigenvalue weighted by Gasteiger charge is -1.99. The van der Waals surface area contributed by atoms with Gasteiger partial charge in [-0.2, -0.15) is 0 Å². The zero-order valence-corrected chi connectivity index (χ0v) is 10.4. The summed E-state index contributed by atoms with van der Waals surface area (Å²) in [5.41, 5.74) is 1.98. The molecule has 0 aliphatic rings. The van der Waals surface area contributed by atoms with E-state index >= 15 is 0 Å². The van der Waals surface area contributed by atoms with Crippen molar-refractivity contribution in [2.45, 2.75) is 26.7 Å². The molecular weight excluding hydrogens is 228 g/mol. The maximum Gasteiger partial charge on any atom is 0.336 e. The molecule has 3 heteroatoms. The van der Waals surface area contributed by atoms with E-state index in [4.69, 9.17) is 8.83 Å². The summed E-state index contributed by atoms with van der Waals surface area (Å²) >= 11 is 0. The Balaban J connectivity index is 2.33. The molecule has 0 saturated heterocycles. The lowest BCUT2D eigenvalue weighted by Crippen LogP contribution is -1.97. The molecule has 3 rings (SSSR count). The summed E-state index contributed by atoms with van der Waals surface area (Å²) in [7, 11) is 0. The quantitative estimate of drug-likeness (QED) is 0.642. The van der Waals surface area contributed by atoms with Gasteiger partial charge in [0, 0.05) is 29.3 Å². The number of aryl methyl sites for hydroxylation is 2. The minimum Gasteiger partial charge on any atom is -0.461 e. The summed E-state index contributed by atoms with van der Waals surface area (Å²) in [5.74, 6) is 0.975. The smallest absolute Gasteiger partial charge is 0.336 e. The largest absolute Gasteiger partial charge is 0.461 e. The van der Waals surface area contributed by atoms with Crippen molar-refractivity contribution in [2.75, 3.05) is 0 Å². The third kappa shape index (κ3) is 1.72. The molecule has 18 heavy (non-hydrogen) atoms. The molecule has 1 aromatic carbocycles. The molecule has 0 saturated carbocycles. The van der Waals surface area contributed by atoms with Crippen LogP contribution in [-0.4, -0.2) is 0 Å². The summed E-state index contributed by atoms with van der Waals surface area (Å²) in [5, 5.41) is 2.02. The minimum absolute atomic E-state index is 0.320. The van der Waals surface area contributed by atoms with Gasteiger partial charge >= 0.3 is 5.63 Å². The van der Waals surface area contributed by atoms with Gasteiger partial charge in [0.2, 0.25) is 0 Å². The third-order valence-electron chi connectivity index (χ3n) is 3.14. The summed E-state index contributed by atoms with van der Waals surface area (Å²) < 4.78 is 10.9. The van der Waals surface area contributed by atoms with Crippen LogP contribution in [0.1, 0.15) is 24.7 Å². The van der Waals surface area contributed by atoms with Crippen LogP contribution in [-0.2, 0) is 6.42 Å². The standard InChI is InChI=1S/C15H14O3/c1-3-4-11-6-10-7-12-9(2)5-15(16)18-14(12)8-13(10)17-11/h5-8H,3-4H2,1-2H3. The van der Waals surface area contributed by atoms with Gasteiger partial charge in [-0.3, -0.25) is 0 Å². The second-order valence-electron chi connectivity index (χ2n) is 4.60. The molecule has 0 fully saturated rings. The Hall–Kier alpha value is -2.03. The van der Waals surface area contributed by atoms with Crippen LogP contribution >= 0.6 is 0 Å². The zero-order chi connectivity index (χ0) is 12.7. The molecule has 0 amide bonds. The first-order valence-corrected chi connectivity index (χ1v) is 6.14. The molecule has 2 aromatic heterocycles.